The number of fused-ring (bicyclic) bond motifs is 2. The van der Waals surface area contributed by atoms with E-state index in [0.717, 1.165) is 35.1 Å². The fourth-order valence-electron chi connectivity index (χ4n) is 4.34. The first kappa shape index (κ1) is 18.6. The van der Waals surface area contributed by atoms with Crippen LogP contribution in [0.3, 0.4) is 0 Å². The van der Waals surface area contributed by atoms with Crippen LogP contribution in [-0.4, -0.2) is 59.3 Å². The number of likely N-dealkylation sites (tertiary alicyclic amines) is 1. The Morgan fingerprint density at radius 1 is 1.23 bits per heavy atom. The van der Waals surface area contributed by atoms with Crippen LogP contribution < -0.4 is 5.69 Å². The molecule has 5 heterocycles. The molecule has 0 spiro atoms. The van der Waals surface area contributed by atoms with E-state index in [4.69, 9.17) is 4.98 Å². The first-order valence-electron chi connectivity index (χ1n) is 9.98. The van der Waals surface area contributed by atoms with Gasteiger partial charge >= 0.3 is 5.69 Å². The predicted octanol–water partition coefficient (Wildman–Crippen LogP) is 1.21. The third-order valence-corrected chi connectivity index (χ3v) is 5.89. The molecule has 1 fully saturated rings. The molecule has 0 bridgehead atoms. The molecule has 30 heavy (non-hydrogen) atoms. The monoisotopic (exact) mass is 406 g/mol. The van der Waals surface area contributed by atoms with E-state index in [9.17, 15) is 14.7 Å². The van der Waals surface area contributed by atoms with E-state index in [1.165, 1.54) is 0 Å². The van der Waals surface area contributed by atoms with Crippen LogP contribution in [0.4, 0.5) is 0 Å². The highest BCUT2D eigenvalue weighted by molar-refractivity contribution is 5.82. The summed E-state index contributed by atoms with van der Waals surface area (Å²) in [5.74, 6) is -0.312. The van der Waals surface area contributed by atoms with Crippen LogP contribution in [0.2, 0.25) is 0 Å². The number of aliphatic hydroxyl groups excluding tert-OH is 1. The minimum absolute atomic E-state index is 0.155. The lowest BCUT2D eigenvalue weighted by molar-refractivity contribution is -0.135. The number of carbonyl (C=O) groups excluding carboxylic acids is 1. The van der Waals surface area contributed by atoms with Crippen LogP contribution in [0.1, 0.15) is 18.9 Å². The van der Waals surface area contributed by atoms with E-state index in [-0.39, 0.29) is 17.6 Å². The van der Waals surface area contributed by atoms with Gasteiger partial charge in [0.15, 0.2) is 5.65 Å². The third kappa shape index (κ3) is 2.81. The zero-order valence-corrected chi connectivity index (χ0v) is 16.6. The SMILES string of the molecule is Cn1c(=O)n(C2CCCN(C(=O)CO)C2)c2nc(-c3cnn4ccccc34)ccc21. The summed E-state index contributed by atoms with van der Waals surface area (Å²) in [5, 5.41) is 13.6. The highest BCUT2D eigenvalue weighted by atomic mass is 16.3. The minimum atomic E-state index is -0.520. The molecule has 1 aliphatic rings. The normalized spacial score (nSPS) is 17.1. The highest BCUT2D eigenvalue weighted by Gasteiger charge is 2.28. The average Bonchev–Trinajstić information content (AvgIpc) is 3.32. The molecular weight excluding hydrogens is 384 g/mol. The summed E-state index contributed by atoms with van der Waals surface area (Å²) in [5.41, 5.74) is 3.75. The van der Waals surface area contributed by atoms with E-state index in [1.807, 2.05) is 36.5 Å². The smallest absolute Gasteiger partial charge is 0.330 e. The van der Waals surface area contributed by atoms with Gasteiger partial charge < -0.3 is 10.0 Å². The number of imidazole rings is 1. The Kier molecular flexibility index (Phi) is 4.39. The molecule has 0 aliphatic carbocycles. The summed E-state index contributed by atoms with van der Waals surface area (Å²) in [6.07, 6.45) is 5.20. The summed E-state index contributed by atoms with van der Waals surface area (Å²) >= 11 is 0. The van der Waals surface area contributed by atoms with Gasteiger partial charge in [0.2, 0.25) is 5.91 Å². The lowest BCUT2D eigenvalue weighted by Gasteiger charge is -2.32. The maximum absolute atomic E-state index is 13.1. The van der Waals surface area contributed by atoms with Crippen molar-refractivity contribution >= 4 is 22.6 Å². The van der Waals surface area contributed by atoms with Crippen LogP contribution >= 0.6 is 0 Å². The molecule has 9 nitrogen and oxygen atoms in total. The second-order valence-corrected chi connectivity index (χ2v) is 7.63. The van der Waals surface area contributed by atoms with Crippen molar-refractivity contribution in [2.75, 3.05) is 19.7 Å². The van der Waals surface area contributed by atoms with Gasteiger partial charge in [-0.2, -0.15) is 5.10 Å². The lowest BCUT2D eigenvalue weighted by atomic mass is 10.1. The molecule has 1 N–H and O–H groups in total. The molecule has 0 aromatic carbocycles. The number of hydrogen-bond donors (Lipinski definition) is 1. The molecule has 1 amide bonds. The molecule has 0 radical (unpaired) electrons. The first-order chi connectivity index (χ1) is 14.6. The van der Waals surface area contributed by atoms with Crippen molar-refractivity contribution in [3.05, 3.63) is 53.2 Å². The summed E-state index contributed by atoms with van der Waals surface area (Å²) in [6.45, 7) is 0.464. The van der Waals surface area contributed by atoms with E-state index in [2.05, 4.69) is 5.10 Å². The zero-order valence-electron chi connectivity index (χ0n) is 16.6. The molecule has 4 aromatic rings. The Morgan fingerprint density at radius 2 is 2.10 bits per heavy atom. The minimum Gasteiger partial charge on any atom is -0.387 e. The zero-order chi connectivity index (χ0) is 20.8. The van der Waals surface area contributed by atoms with Gasteiger partial charge in [-0.05, 0) is 37.1 Å². The van der Waals surface area contributed by atoms with Crippen LogP contribution in [-0.2, 0) is 11.8 Å². The van der Waals surface area contributed by atoms with Gasteiger partial charge in [0.1, 0.15) is 6.61 Å². The van der Waals surface area contributed by atoms with Crippen LogP contribution in [0.5, 0.6) is 0 Å². The van der Waals surface area contributed by atoms with Gasteiger partial charge in [-0.25, -0.2) is 14.3 Å². The van der Waals surface area contributed by atoms with Crippen molar-refractivity contribution in [1.82, 2.24) is 28.6 Å². The summed E-state index contributed by atoms with van der Waals surface area (Å²) < 4.78 is 5.08. The molecule has 5 rings (SSSR count). The molecule has 1 aliphatic heterocycles. The predicted molar refractivity (Wildman–Crippen MR) is 111 cm³/mol. The van der Waals surface area contributed by atoms with Gasteiger partial charge in [0, 0.05) is 31.9 Å². The topological polar surface area (TPSA) is 97.7 Å². The standard InChI is InChI=1S/C21H22N6O3/c1-24-18-8-7-16(15-11-22-26-10-3-2-6-17(15)26)23-20(18)27(21(24)30)14-5-4-9-25(12-14)19(29)13-28/h2-3,6-8,10-11,14,28H,4-5,9,12-13H2,1H3. The quantitative estimate of drug-likeness (QED) is 0.551. The number of pyridine rings is 2. The van der Waals surface area contributed by atoms with Crippen molar-refractivity contribution in [2.45, 2.75) is 18.9 Å². The van der Waals surface area contributed by atoms with Gasteiger partial charge in [-0.1, -0.05) is 6.07 Å². The number of nitrogens with zero attached hydrogens (tertiary/aromatic N) is 6. The number of aliphatic hydroxyl groups is 1. The largest absolute Gasteiger partial charge is 0.387 e. The Bertz CT molecular complexity index is 1320. The molecule has 1 unspecified atom stereocenters. The number of carbonyl (C=O) groups is 1. The molecule has 4 aromatic heterocycles. The van der Waals surface area contributed by atoms with Crippen LogP contribution in [0.15, 0.2) is 47.5 Å². The lowest BCUT2D eigenvalue weighted by Crippen LogP contribution is -2.44. The highest BCUT2D eigenvalue weighted by Crippen LogP contribution is 2.28. The molecule has 154 valence electrons. The van der Waals surface area contributed by atoms with E-state index in [0.29, 0.717) is 18.7 Å². The second kappa shape index (κ2) is 7.10. The maximum atomic E-state index is 13.1. The van der Waals surface area contributed by atoms with Crippen molar-refractivity contribution in [3.8, 4) is 11.3 Å². The van der Waals surface area contributed by atoms with E-state index >= 15 is 0 Å². The second-order valence-electron chi connectivity index (χ2n) is 7.63. The Morgan fingerprint density at radius 3 is 2.93 bits per heavy atom. The fraction of sp³-hybridized carbons (Fsp3) is 0.333. The summed E-state index contributed by atoms with van der Waals surface area (Å²) in [4.78, 5) is 31.5. The fourth-order valence-corrected chi connectivity index (χ4v) is 4.34. The van der Waals surface area contributed by atoms with E-state index in [1.54, 1.807) is 31.8 Å². The van der Waals surface area contributed by atoms with Gasteiger partial charge in [-0.3, -0.25) is 13.9 Å². The Hall–Kier alpha value is -3.46. The summed E-state index contributed by atoms with van der Waals surface area (Å²) in [6, 6.07) is 9.47. The number of aryl methyl sites for hydroxylation is 1. The molecule has 1 atom stereocenters. The number of piperidine rings is 1. The molecule has 1 saturated heterocycles. The van der Waals surface area contributed by atoms with Crippen LogP contribution in [0, 0.1) is 0 Å². The van der Waals surface area contributed by atoms with Crippen molar-refractivity contribution < 1.29 is 9.90 Å². The van der Waals surface area contributed by atoms with Crippen molar-refractivity contribution in [3.63, 3.8) is 0 Å². The van der Waals surface area contributed by atoms with Gasteiger partial charge in [0.25, 0.3) is 0 Å². The van der Waals surface area contributed by atoms with Gasteiger partial charge in [-0.15, -0.1) is 0 Å². The molecule has 9 heteroatoms. The Labute approximate surface area is 171 Å². The maximum Gasteiger partial charge on any atom is 0.330 e. The third-order valence-electron chi connectivity index (χ3n) is 5.89. The number of amides is 1. The van der Waals surface area contributed by atoms with Crippen molar-refractivity contribution in [1.29, 1.82) is 0 Å². The number of aromatic nitrogens is 5. The average molecular weight is 406 g/mol. The Balaban J connectivity index is 1.64. The van der Waals surface area contributed by atoms with Crippen molar-refractivity contribution in [2.24, 2.45) is 7.05 Å². The first-order valence-corrected chi connectivity index (χ1v) is 9.98. The number of hydrogen-bond acceptors (Lipinski definition) is 5. The van der Waals surface area contributed by atoms with E-state index < -0.39 is 6.61 Å². The molecular formula is C21H22N6O3. The summed E-state index contributed by atoms with van der Waals surface area (Å²) in [7, 11) is 1.73. The molecule has 0 saturated carbocycles. The van der Waals surface area contributed by atoms with Crippen LogP contribution in [0.25, 0.3) is 27.9 Å². The van der Waals surface area contributed by atoms with Gasteiger partial charge in [0.05, 0.1) is 29.0 Å². The number of rotatable bonds is 3.